The maximum atomic E-state index is 13.1. The van der Waals surface area contributed by atoms with E-state index in [9.17, 15) is 4.39 Å². The Bertz CT molecular complexity index is 395. The zero-order chi connectivity index (χ0) is 13.8. The fourth-order valence-corrected chi connectivity index (χ4v) is 2.27. The number of hydrogen-bond donors (Lipinski definition) is 1. The third-order valence-electron chi connectivity index (χ3n) is 3.13. The van der Waals surface area contributed by atoms with Crippen LogP contribution in [0.15, 0.2) is 18.2 Å². The topological polar surface area (TPSA) is 21.3 Å². The van der Waals surface area contributed by atoms with Crippen LogP contribution in [0.25, 0.3) is 0 Å². The molecule has 0 aromatic heterocycles. The van der Waals surface area contributed by atoms with E-state index in [1.165, 1.54) is 6.07 Å². The van der Waals surface area contributed by atoms with Crippen LogP contribution in [0.2, 0.25) is 5.02 Å². The van der Waals surface area contributed by atoms with Crippen LogP contribution < -0.4 is 5.32 Å². The molecule has 1 unspecified atom stereocenters. The molecule has 0 aliphatic heterocycles. The summed E-state index contributed by atoms with van der Waals surface area (Å²) in [6, 6.07) is 4.97. The highest BCUT2D eigenvalue weighted by molar-refractivity contribution is 6.30. The van der Waals surface area contributed by atoms with Crippen LogP contribution in [-0.4, -0.2) is 25.3 Å². The first-order valence-corrected chi connectivity index (χ1v) is 6.53. The molecule has 1 N–H and O–H groups in total. The second-order valence-electron chi connectivity index (χ2n) is 4.83. The van der Waals surface area contributed by atoms with Gasteiger partial charge in [-0.15, -0.1) is 0 Å². The molecule has 102 valence electrons. The van der Waals surface area contributed by atoms with Gasteiger partial charge in [-0.25, -0.2) is 4.39 Å². The van der Waals surface area contributed by atoms with E-state index < -0.39 is 0 Å². The number of halogens is 2. The maximum absolute atomic E-state index is 13.1. The molecular weight excluding hydrogens is 253 g/mol. The van der Waals surface area contributed by atoms with Crippen molar-refractivity contribution in [1.82, 2.24) is 5.32 Å². The second-order valence-corrected chi connectivity index (χ2v) is 5.24. The molecule has 0 radical (unpaired) electrons. The van der Waals surface area contributed by atoms with Gasteiger partial charge < -0.3 is 10.1 Å². The molecule has 1 aromatic carbocycles. The lowest BCUT2D eigenvalue weighted by Gasteiger charge is -2.34. The average molecular weight is 274 g/mol. The largest absolute Gasteiger partial charge is 0.374 e. The molecular formula is C14H21ClFNO. The molecule has 0 spiro atoms. The minimum Gasteiger partial charge on any atom is -0.374 e. The molecule has 1 aromatic rings. The predicted molar refractivity (Wildman–Crippen MR) is 73.7 cm³/mol. The van der Waals surface area contributed by atoms with Crippen molar-refractivity contribution in [1.29, 1.82) is 0 Å². The maximum Gasteiger partial charge on any atom is 0.141 e. The Morgan fingerprint density at radius 3 is 2.61 bits per heavy atom. The van der Waals surface area contributed by atoms with E-state index >= 15 is 0 Å². The van der Waals surface area contributed by atoms with Gasteiger partial charge in [0.1, 0.15) is 5.82 Å². The Hall–Kier alpha value is -0.640. The lowest BCUT2D eigenvalue weighted by Crippen LogP contribution is -2.48. The molecule has 1 atom stereocenters. The molecule has 0 aliphatic rings. The molecule has 18 heavy (non-hydrogen) atoms. The summed E-state index contributed by atoms with van der Waals surface area (Å²) in [5, 5.41) is 3.41. The van der Waals surface area contributed by atoms with Crippen LogP contribution in [0.3, 0.4) is 0 Å². The van der Waals surface area contributed by atoms with Crippen molar-refractivity contribution in [2.24, 2.45) is 0 Å². The van der Waals surface area contributed by atoms with Crippen molar-refractivity contribution in [3.05, 3.63) is 34.6 Å². The molecule has 0 aliphatic carbocycles. The van der Waals surface area contributed by atoms with Crippen molar-refractivity contribution in [3.63, 3.8) is 0 Å². The first-order valence-electron chi connectivity index (χ1n) is 6.16. The van der Waals surface area contributed by atoms with Crippen LogP contribution >= 0.6 is 11.6 Å². The molecule has 4 heteroatoms. The molecule has 0 heterocycles. The van der Waals surface area contributed by atoms with E-state index in [4.69, 9.17) is 16.3 Å². The van der Waals surface area contributed by atoms with Crippen molar-refractivity contribution < 1.29 is 9.13 Å². The van der Waals surface area contributed by atoms with Gasteiger partial charge in [0, 0.05) is 12.6 Å². The van der Waals surface area contributed by atoms with Crippen LogP contribution in [0.4, 0.5) is 4.39 Å². The van der Waals surface area contributed by atoms with Crippen molar-refractivity contribution in [2.45, 2.75) is 38.8 Å². The van der Waals surface area contributed by atoms with Crippen LogP contribution in [0, 0.1) is 5.82 Å². The number of nitrogens with one attached hydrogen (secondary N) is 1. The Morgan fingerprint density at radius 1 is 1.44 bits per heavy atom. The summed E-state index contributed by atoms with van der Waals surface area (Å²) in [7, 11) is 1.90. The third-order valence-corrected chi connectivity index (χ3v) is 3.42. The quantitative estimate of drug-likeness (QED) is 0.857. The summed E-state index contributed by atoms with van der Waals surface area (Å²) in [4.78, 5) is 0. The van der Waals surface area contributed by atoms with Gasteiger partial charge in [0.05, 0.1) is 10.6 Å². The summed E-state index contributed by atoms with van der Waals surface area (Å²) >= 11 is 5.79. The molecule has 1 rings (SSSR count). The highest BCUT2D eigenvalue weighted by Crippen LogP contribution is 2.22. The van der Waals surface area contributed by atoms with E-state index in [1.807, 2.05) is 27.8 Å². The summed E-state index contributed by atoms with van der Waals surface area (Å²) in [6.07, 6.45) is 0.740. The molecule has 0 saturated carbocycles. The van der Waals surface area contributed by atoms with Gasteiger partial charge in [-0.05, 0) is 51.9 Å². The van der Waals surface area contributed by atoms with E-state index in [2.05, 4.69) is 5.32 Å². The van der Waals surface area contributed by atoms with Crippen LogP contribution in [0.5, 0.6) is 0 Å². The molecule has 2 nitrogen and oxygen atoms in total. The number of ether oxygens (including phenoxy) is 1. The van der Waals surface area contributed by atoms with Gasteiger partial charge in [-0.1, -0.05) is 17.7 Å². The van der Waals surface area contributed by atoms with Crippen molar-refractivity contribution in [3.8, 4) is 0 Å². The van der Waals surface area contributed by atoms with E-state index in [-0.39, 0.29) is 22.5 Å². The molecule has 0 saturated heterocycles. The Morgan fingerprint density at radius 2 is 2.11 bits per heavy atom. The van der Waals surface area contributed by atoms with Crippen molar-refractivity contribution >= 4 is 11.6 Å². The Labute approximate surface area is 113 Å². The van der Waals surface area contributed by atoms with E-state index in [1.54, 1.807) is 12.1 Å². The minimum absolute atomic E-state index is 0.138. The Kier molecular flexibility index (Phi) is 5.57. The zero-order valence-electron chi connectivity index (χ0n) is 11.4. The fraction of sp³-hybridized carbons (Fsp3) is 0.571. The summed E-state index contributed by atoms with van der Waals surface area (Å²) in [5.74, 6) is -0.384. The third kappa shape index (κ3) is 3.94. The van der Waals surface area contributed by atoms with Gasteiger partial charge >= 0.3 is 0 Å². The standard InChI is InChI=1S/C14H21ClFNO/c1-5-18-14(2,3)13(17-4)9-10-6-7-12(16)11(15)8-10/h6-8,13,17H,5,9H2,1-4H3. The second kappa shape index (κ2) is 6.50. The first-order chi connectivity index (χ1) is 8.40. The van der Waals surface area contributed by atoms with Gasteiger partial charge in [-0.3, -0.25) is 0 Å². The number of hydrogen-bond acceptors (Lipinski definition) is 2. The number of rotatable bonds is 6. The number of likely N-dealkylation sites (N-methyl/N-ethyl adjacent to an activating group) is 1. The van der Waals surface area contributed by atoms with Gasteiger partial charge in [0.15, 0.2) is 0 Å². The minimum atomic E-state index is -0.384. The van der Waals surface area contributed by atoms with Gasteiger partial charge in [0.25, 0.3) is 0 Å². The number of benzene rings is 1. The zero-order valence-corrected chi connectivity index (χ0v) is 12.1. The van der Waals surface area contributed by atoms with Gasteiger partial charge in [-0.2, -0.15) is 0 Å². The summed E-state index contributed by atoms with van der Waals surface area (Å²) < 4.78 is 18.8. The smallest absolute Gasteiger partial charge is 0.141 e. The first kappa shape index (κ1) is 15.4. The highest BCUT2D eigenvalue weighted by Gasteiger charge is 2.28. The molecule has 0 fully saturated rings. The lowest BCUT2D eigenvalue weighted by molar-refractivity contribution is -0.0363. The SMILES string of the molecule is CCOC(C)(C)C(Cc1ccc(F)c(Cl)c1)NC. The van der Waals surface area contributed by atoms with Crippen molar-refractivity contribution in [2.75, 3.05) is 13.7 Å². The highest BCUT2D eigenvalue weighted by atomic mass is 35.5. The normalized spacial score (nSPS) is 13.7. The van der Waals surface area contributed by atoms with Crippen LogP contribution in [-0.2, 0) is 11.2 Å². The Balaban J connectivity index is 2.82. The van der Waals surface area contributed by atoms with Crippen LogP contribution in [0.1, 0.15) is 26.3 Å². The summed E-state index contributed by atoms with van der Waals surface area (Å²) in [5.41, 5.74) is 0.707. The average Bonchev–Trinajstić information content (AvgIpc) is 2.30. The molecule has 0 amide bonds. The molecule has 0 bridgehead atoms. The fourth-order valence-electron chi connectivity index (χ4n) is 2.07. The van der Waals surface area contributed by atoms with E-state index in [0.717, 1.165) is 12.0 Å². The van der Waals surface area contributed by atoms with E-state index in [0.29, 0.717) is 6.61 Å². The monoisotopic (exact) mass is 273 g/mol. The van der Waals surface area contributed by atoms with Gasteiger partial charge in [0.2, 0.25) is 0 Å². The lowest BCUT2D eigenvalue weighted by atomic mass is 9.92. The predicted octanol–water partition coefficient (Wildman–Crippen LogP) is 3.42. The summed E-state index contributed by atoms with van der Waals surface area (Å²) in [6.45, 7) is 6.73.